The minimum absolute atomic E-state index is 0.295. The lowest BCUT2D eigenvalue weighted by Gasteiger charge is -2.07. The van der Waals surface area contributed by atoms with Crippen LogP contribution in [-0.2, 0) is 0 Å². The van der Waals surface area contributed by atoms with E-state index in [1.54, 1.807) is 24.3 Å². The molecule has 82 valence electrons. The number of nitrogens with one attached hydrogen (secondary N) is 1. The lowest BCUT2D eigenvalue weighted by atomic mass is 10.3. The first-order valence-electron chi connectivity index (χ1n) is 4.50. The first kappa shape index (κ1) is 11.4. The minimum Gasteiger partial charge on any atom is -0.339 e. The summed E-state index contributed by atoms with van der Waals surface area (Å²) < 4.78 is 13.5. The Morgan fingerprint density at radius 1 is 1.25 bits per heavy atom. The average Bonchev–Trinajstić information content (AvgIpc) is 2.22. The number of halogens is 3. The molecular formula is C11H7BrClFN2. The molecule has 0 fully saturated rings. The fourth-order valence-corrected chi connectivity index (χ4v) is 1.82. The van der Waals surface area contributed by atoms with Gasteiger partial charge in [-0.3, -0.25) is 0 Å². The van der Waals surface area contributed by atoms with Crippen molar-refractivity contribution in [3.8, 4) is 0 Å². The van der Waals surface area contributed by atoms with Crippen LogP contribution in [0.1, 0.15) is 0 Å². The molecule has 0 spiro atoms. The van der Waals surface area contributed by atoms with E-state index in [0.29, 0.717) is 15.4 Å². The van der Waals surface area contributed by atoms with Crippen molar-refractivity contribution in [1.29, 1.82) is 0 Å². The van der Waals surface area contributed by atoms with Crippen LogP contribution in [0.2, 0.25) is 5.15 Å². The Morgan fingerprint density at radius 3 is 2.75 bits per heavy atom. The van der Waals surface area contributed by atoms with Crippen molar-refractivity contribution in [1.82, 2.24) is 4.98 Å². The minimum atomic E-state index is -0.295. The SMILES string of the molecule is Fc1ccc(Nc2cccc(Cl)n2)c(Br)c1. The molecule has 5 heteroatoms. The highest BCUT2D eigenvalue weighted by Gasteiger charge is 2.02. The highest BCUT2D eigenvalue weighted by Crippen LogP contribution is 2.26. The quantitative estimate of drug-likeness (QED) is 0.833. The standard InChI is InChI=1S/C11H7BrClFN2/c12-8-6-7(14)4-5-9(8)15-11-3-1-2-10(13)16-11/h1-6H,(H,15,16). The third kappa shape index (κ3) is 2.71. The molecule has 2 aromatic rings. The molecule has 0 aliphatic heterocycles. The summed E-state index contributed by atoms with van der Waals surface area (Å²) >= 11 is 9.01. The zero-order chi connectivity index (χ0) is 11.5. The maximum Gasteiger partial charge on any atom is 0.132 e. The fraction of sp³-hybridized carbons (Fsp3) is 0. The number of aromatic nitrogens is 1. The van der Waals surface area contributed by atoms with Gasteiger partial charge in [0.1, 0.15) is 16.8 Å². The molecule has 0 aliphatic rings. The van der Waals surface area contributed by atoms with Gasteiger partial charge in [0.25, 0.3) is 0 Å². The van der Waals surface area contributed by atoms with Crippen molar-refractivity contribution in [3.63, 3.8) is 0 Å². The fourth-order valence-electron chi connectivity index (χ4n) is 1.21. The maximum atomic E-state index is 12.9. The van der Waals surface area contributed by atoms with Gasteiger partial charge in [-0.15, -0.1) is 0 Å². The number of pyridine rings is 1. The average molecular weight is 302 g/mol. The highest BCUT2D eigenvalue weighted by atomic mass is 79.9. The summed E-state index contributed by atoms with van der Waals surface area (Å²) in [6.45, 7) is 0. The smallest absolute Gasteiger partial charge is 0.132 e. The second-order valence-electron chi connectivity index (χ2n) is 3.09. The van der Waals surface area contributed by atoms with Crippen molar-refractivity contribution >= 4 is 39.0 Å². The molecule has 1 aromatic heterocycles. The molecule has 0 unspecified atom stereocenters. The summed E-state index contributed by atoms with van der Waals surface area (Å²) in [6, 6.07) is 9.63. The van der Waals surface area contributed by atoms with Crippen molar-refractivity contribution in [3.05, 3.63) is 51.8 Å². The lowest BCUT2D eigenvalue weighted by molar-refractivity contribution is 0.627. The van der Waals surface area contributed by atoms with E-state index in [-0.39, 0.29) is 5.82 Å². The molecule has 2 rings (SSSR count). The Hall–Kier alpha value is -1.13. The Balaban J connectivity index is 2.27. The van der Waals surface area contributed by atoms with Crippen LogP contribution in [0.4, 0.5) is 15.9 Å². The largest absolute Gasteiger partial charge is 0.339 e. The van der Waals surface area contributed by atoms with E-state index in [4.69, 9.17) is 11.6 Å². The molecule has 0 bridgehead atoms. The van der Waals surface area contributed by atoms with Crippen LogP contribution in [0.5, 0.6) is 0 Å². The topological polar surface area (TPSA) is 24.9 Å². The first-order chi connectivity index (χ1) is 7.65. The number of nitrogens with zero attached hydrogens (tertiary/aromatic N) is 1. The summed E-state index contributed by atoms with van der Waals surface area (Å²) in [5, 5.41) is 3.44. The molecule has 16 heavy (non-hydrogen) atoms. The number of rotatable bonds is 2. The monoisotopic (exact) mass is 300 g/mol. The molecule has 0 saturated carbocycles. The maximum absolute atomic E-state index is 12.9. The van der Waals surface area contributed by atoms with E-state index < -0.39 is 0 Å². The molecule has 0 saturated heterocycles. The van der Waals surface area contributed by atoms with Gasteiger partial charge in [-0.25, -0.2) is 9.37 Å². The van der Waals surface area contributed by atoms with Gasteiger partial charge in [-0.1, -0.05) is 17.7 Å². The molecule has 0 radical (unpaired) electrons. The third-order valence-corrected chi connectivity index (χ3v) is 2.78. The van der Waals surface area contributed by atoms with Gasteiger partial charge in [0.15, 0.2) is 0 Å². The highest BCUT2D eigenvalue weighted by molar-refractivity contribution is 9.10. The van der Waals surface area contributed by atoms with Crippen LogP contribution in [-0.4, -0.2) is 4.98 Å². The zero-order valence-corrected chi connectivity index (χ0v) is 10.4. The van der Waals surface area contributed by atoms with Gasteiger partial charge >= 0.3 is 0 Å². The normalized spacial score (nSPS) is 10.2. The number of anilines is 2. The summed E-state index contributed by atoms with van der Waals surface area (Å²) in [6.07, 6.45) is 0. The molecule has 0 aliphatic carbocycles. The number of benzene rings is 1. The van der Waals surface area contributed by atoms with Crippen LogP contribution in [0.15, 0.2) is 40.9 Å². The van der Waals surface area contributed by atoms with E-state index in [0.717, 1.165) is 5.69 Å². The molecule has 1 heterocycles. The van der Waals surface area contributed by atoms with Crippen LogP contribution >= 0.6 is 27.5 Å². The summed E-state index contributed by atoms with van der Waals surface area (Å²) in [7, 11) is 0. The summed E-state index contributed by atoms with van der Waals surface area (Å²) in [4.78, 5) is 4.07. The van der Waals surface area contributed by atoms with E-state index in [2.05, 4.69) is 26.2 Å². The van der Waals surface area contributed by atoms with Crippen molar-refractivity contribution < 1.29 is 4.39 Å². The predicted molar refractivity (Wildman–Crippen MR) is 66.6 cm³/mol. The van der Waals surface area contributed by atoms with E-state index >= 15 is 0 Å². The molecule has 1 aromatic carbocycles. The Bertz CT molecular complexity index is 519. The summed E-state index contributed by atoms with van der Waals surface area (Å²) in [5.74, 6) is 0.316. The molecule has 0 atom stereocenters. The molecule has 2 nitrogen and oxygen atoms in total. The predicted octanol–water partition coefficient (Wildman–Crippen LogP) is 4.38. The van der Waals surface area contributed by atoms with Gasteiger partial charge in [0.2, 0.25) is 0 Å². The van der Waals surface area contributed by atoms with Gasteiger partial charge in [0, 0.05) is 4.47 Å². The molecular weight excluding hydrogens is 294 g/mol. The van der Waals surface area contributed by atoms with Crippen LogP contribution in [0, 0.1) is 5.82 Å². The van der Waals surface area contributed by atoms with Gasteiger partial charge < -0.3 is 5.32 Å². The Morgan fingerprint density at radius 2 is 2.06 bits per heavy atom. The van der Waals surface area contributed by atoms with E-state index in [1.165, 1.54) is 12.1 Å². The molecule has 1 N–H and O–H groups in total. The van der Waals surface area contributed by atoms with Gasteiger partial charge in [0.05, 0.1) is 5.69 Å². The van der Waals surface area contributed by atoms with Crippen LogP contribution in [0.25, 0.3) is 0 Å². The van der Waals surface area contributed by atoms with Crippen molar-refractivity contribution in [2.75, 3.05) is 5.32 Å². The van der Waals surface area contributed by atoms with Crippen LogP contribution < -0.4 is 5.32 Å². The van der Waals surface area contributed by atoms with E-state index in [9.17, 15) is 4.39 Å². The van der Waals surface area contributed by atoms with Crippen LogP contribution in [0.3, 0.4) is 0 Å². The Labute approximate surface area is 106 Å². The second kappa shape index (κ2) is 4.80. The molecule has 0 amide bonds. The van der Waals surface area contributed by atoms with Crippen molar-refractivity contribution in [2.24, 2.45) is 0 Å². The number of hydrogen-bond acceptors (Lipinski definition) is 2. The lowest BCUT2D eigenvalue weighted by Crippen LogP contribution is -1.94. The van der Waals surface area contributed by atoms with E-state index in [1.807, 2.05) is 0 Å². The van der Waals surface area contributed by atoms with Crippen molar-refractivity contribution in [2.45, 2.75) is 0 Å². The second-order valence-corrected chi connectivity index (χ2v) is 4.34. The Kier molecular flexibility index (Phi) is 3.41. The van der Waals surface area contributed by atoms with Gasteiger partial charge in [-0.05, 0) is 46.3 Å². The van der Waals surface area contributed by atoms with Gasteiger partial charge in [-0.2, -0.15) is 0 Å². The number of hydrogen-bond donors (Lipinski definition) is 1. The third-order valence-electron chi connectivity index (χ3n) is 1.91. The zero-order valence-electron chi connectivity index (χ0n) is 8.05. The summed E-state index contributed by atoms with van der Waals surface area (Å²) in [5.41, 5.74) is 0.733. The first-order valence-corrected chi connectivity index (χ1v) is 5.67.